The number of benzene rings is 1. The average molecular weight is 352 g/mol. The molecule has 23 heavy (non-hydrogen) atoms. The first-order chi connectivity index (χ1) is 11.0. The Kier molecular flexibility index (Phi) is 6.01. The number of aromatic nitrogens is 1. The molecular weight excluding hydrogens is 332 g/mol. The molecule has 0 radical (unpaired) electrons. The van der Waals surface area contributed by atoms with Gasteiger partial charge in [0.25, 0.3) is 0 Å². The van der Waals surface area contributed by atoms with Gasteiger partial charge in [0.15, 0.2) is 4.34 Å². The van der Waals surface area contributed by atoms with Crippen LogP contribution in [0.3, 0.4) is 0 Å². The zero-order valence-corrected chi connectivity index (χ0v) is 14.8. The summed E-state index contributed by atoms with van der Waals surface area (Å²) in [7, 11) is 0. The fourth-order valence-corrected chi connectivity index (χ4v) is 4.25. The Hall–Kier alpha value is -1.60. The molecule has 1 aromatic heterocycles. The lowest BCUT2D eigenvalue weighted by molar-refractivity contribution is -0.139. The van der Waals surface area contributed by atoms with Crippen molar-refractivity contribution in [2.75, 3.05) is 5.75 Å². The van der Waals surface area contributed by atoms with Crippen molar-refractivity contribution in [3.63, 3.8) is 0 Å². The largest absolute Gasteiger partial charge is 0.481 e. The van der Waals surface area contributed by atoms with Gasteiger partial charge in [0, 0.05) is 5.54 Å². The Morgan fingerprint density at radius 1 is 1.30 bits per heavy atom. The zero-order chi connectivity index (χ0) is 16.9. The van der Waals surface area contributed by atoms with Gasteiger partial charge in [-0.15, -0.1) is 11.3 Å². The van der Waals surface area contributed by atoms with Gasteiger partial charge in [0.05, 0.1) is 22.4 Å². The molecule has 1 aromatic carbocycles. The lowest BCUT2D eigenvalue weighted by Gasteiger charge is -2.31. The van der Waals surface area contributed by atoms with Crippen molar-refractivity contribution in [3.8, 4) is 0 Å². The standard InChI is InChI=1S/C16H20N2O3S2/c1-3-16(4-2,9-14(20)21)18-13(19)10-22-15-17-11-7-5-6-8-12(11)23-15/h5-8H,3-4,9-10H2,1-2H3,(H,18,19)(H,20,21). The number of para-hydroxylation sites is 1. The number of amides is 1. The summed E-state index contributed by atoms with van der Waals surface area (Å²) in [4.78, 5) is 27.7. The van der Waals surface area contributed by atoms with Crippen molar-refractivity contribution < 1.29 is 14.7 Å². The van der Waals surface area contributed by atoms with Gasteiger partial charge in [-0.1, -0.05) is 37.7 Å². The SMILES string of the molecule is CCC(CC)(CC(=O)O)NC(=O)CSc1nc2ccccc2s1. The van der Waals surface area contributed by atoms with Crippen molar-refractivity contribution in [1.29, 1.82) is 0 Å². The van der Waals surface area contributed by atoms with Crippen LogP contribution < -0.4 is 5.32 Å². The average Bonchev–Trinajstić information content (AvgIpc) is 2.94. The fourth-order valence-electron chi connectivity index (χ4n) is 2.38. The molecule has 0 unspecified atom stereocenters. The second kappa shape index (κ2) is 7.79. The molecule has 7 heteroatoms. The first-order valence-electron chi connectivity index (χ1n) is 7.49. The second-order valence-corrected chi connectivity index (χ2v) is 7.60. The number of fused-ring (bicyclic) bond motifs is 1. The Morgan fingerprint density at radius 2 is 2.00 bits per heavy atom. The molecule has 0 atom stereocenters. The van der Waals surface area contributed by atoms with E-state index in [1.165, 1.54) is 11.8 Å². The lowest BCUT2D eigenvalue weighted by atomic mass is 9.89. The van der Waals surface area contributed by atoms with Crippen molar-refractivity contribution >= 4 is 45.2 Å². The van der Waals surface area contributed by atoms with E-state index in [9.17, 15) is 9.59 Å². The summed E-state index contributed by atoms with van der Waals surface area (Å²) >= 11 is 2.94. The van der Waals surface area contributed by atoms with Gasteiger partial charge in [-0.2, -0.15) is 0 Å². The number of thiazole rings is 1. The zero-order valence-electron chi connectivity index (χ0n) is 13.2. The number of hydrogen-bond donors (Lipinski definition) is 2. The van der Waals surface area contributed by atoms with Gasteiger partial charge >= 0.3 is 5.97 Å². The Bertz CT molecular complexity index is 662. The molecule has 5 nitrogen and oxygen atoms in total. The lowest BCUT2D eigenvalue weighted by Crippen LogP contribution is -2.49. The molecule has 1 amide bonds. The number of carbonyl (C=O) groups is 2. The Balaban J connectivity index is 1.96. The van der Waals surface area contributed by atoms with Crippen LogP contribution in [0.1, 0.15) is 33.1 Å². The molecule has 0 bridgehead atoms. The van der Waals surface area contributed by atoms with Gasteiger partial charge in [0.1, 0.15) is 0 Å². The predicted octanol–water partition coefficient (Wildman–Crippen LogP) is 3.54. The Labute approximate surface area is 143 Å². The third-order valence-corrected chi connectivity index (χ3v) is 6.03. The van der Waals surface area contributed by atoms with Gasteiger partial charge in [0.2, 0.25) is 5.91 Å². The molecule has 0 aliphatic carbocycles. The maximum atomic E-state index is 12.2. The monoisotopic (exact) mass is 352 g/mol. The van der Waals surface area contributed by atoms with E-state index in [0.29, 0.717) is 12.8 Å². The van der Waals surface area contributed by atoms with Crippen LogP contribution in [0.2, 0.25) is 0 Å². The number of carboxylic acids is 1. The topological polar surface area (TPSA) is 79.3 Å². The van der Waals surface area contributed by atoms with E-state index < -0.39 is 11.5 Å². The van der Waals surface area contributed by atoms with Crippen molar-refractivity contribution in [2.45, 2.75) is 43.0 Å². The van der Waals surface area contributed by atoms with Crippen LogP contribution in [0.25, 0.3) is 10.2 Å². The molecule has 2 N–H and O–H groups in total. The van der Waals surface area contributed by atoms with Gasteiger partial charge in [-0.3, -0.25) is 9.59 Å². The van der Waals surface area contributed by atoms with Crippen molar-refractivity contribution in [1.82, 2.24) is 10.3 Å². The molecule has 2 rings (SSSR count). The first kappa shape index (κ1) is 17.7. The minimum atomic E-state index is -0.896. The summed E-state index contributed by atoms with van der Waals surface area (Å²) < 4.78 is 1.94. The number of nitrogens with zero attached hydrogens (tertiary/aromatic N) is 1. The first-order valence-corrected chi connectivity index (χ1v) is 9.29. The summed E-state index contributed by atoms with van der Waals surface area (Å²) in [6.07, 6.45) is 1.12. The molecule has 0 saturated carbocycles. The smallest absolute Gasteiger partial charge is 0.305 e. The van der Waals surface area contributed by atoms with Crippen LogP contribution in [-0.4, -0.2) is 33.3 Å². The summed E-state index contributed by atoms with van der Waals surface area (Å²) in [6, 6.07) is 7.85. The number of aliphatic carboxylic acids is 1. The van der Waals surface area contributed by atoms with E-state index in [1.54, 1.807) is 11.3 Å². The number of carbonyl (C=O) groups excluding carboxylic acids is 1. The molecule has 0 aliphatic rings. The molecule has 124 valence electrons. The number of rotatable bonds is 8. The van der Waals surface area contributed by atoms with E-state index in [-0.39, 0.29) is 18.1 Å². The molecular formula is C16H20N2O3S2. The highest BCUT2D eigenvalue weighted by molar-refractivity contribution is 8.01. The maximum absolute atomic E-state index is 12.2. The normalized spacial score (nSPS) is 11.6. The minimum absolute atomic E-state index is 0.0580. The van der Waals surface area contributed by atoms with Crippen molar-refractivity contribution in [2.24, 2.45) is 0 Å². The van der Waals surface area contributed by atoms with Crippen LogP contribution >= 0.6 is 23.1 Å². The van der Waals surface area contributed by atoms with Crippen molar-refractivity contribution in [3.05, 3.63) is 24.3 Å². The number of carboxylic acid groups (broad SMARTS) is 1. The molecule has 1 heterocycles. The van der Waals surface area contributed by atoms with Gasteiger partial charge in [-0.25, -0.2) is 4.98 Å². The van der Waals surface area contributed by atoms with Crippen LogP contribution in [-0.2, 0) is 9.59 Å². The molecule has 2 aromatic rings. The molecule has 0 spiro atoms. The van der Waals surface area contributed by atoms with Gasteiger partial charge < -0.3 is 10.4 Å². The summed E-state index contributed by atoms with van der Waals surface area (Å²) in [6.45, 7) is 3.79. The fraction of sp³-hybridized carbons (Fsp3) is 0.438. The third kappa shape index (κ3) is 4.68. The number of thioether (sulfide) groups is 1. The van der Waals surface area contributed by atoms with Gasteiger partial charge in [-0.05, 0) is 25.0 Å². The molecule has 0 fully saturated rings. The van der Waals surface area contributed by atoms with Crippen LogP contribution in [0, 0.1) is 0 Å². The van der Waals surface area contributed by atoms with E-state index in [0.717, 1.165) is 14.6 Å². The van der Waals surface area contributed by atoms with E-state index in [2.05, 4.69) is 10.3 Å². The summed E-state index contributed by atoms with van der Waals surface area (Å²) in [5, 5.41) is 11.9. The number of hydrogen-bond acceptors (Lipinski definition) is 5. The Morgan fingerprint density at radius 3 is 2.61 bits per heavy atom. The number of nitrogens with one attached hydrogen (secondary N) is 1. The molecule has 0 aliphatic heterocycles. The van der Waals surface area contributed by atoms with E-state index in [1.807, 2.05) is 38.1 Å². The maximum Gasteiger partial charge on any atom is 0.305 e. The minimum Gasteiger partial charge on any atom is -0.481 e. The predicted molar refractivity (Wildman–Crippen MR) is 94.1 cm³/mol. The van der Waals surface area contributed by atoms with E-state index in [4.69, 9.17) is 5.11 Å². The highest BCUT2D eigenvalue weighted by Gasteiger charge is 2.30. The third-order valence-electron chi connectivity index (χ3n) is 3.85. The summed E-state index contributed by atoms with van der Waals surface area (Å²) in [5.41, 5.74) is 0.264. The van der Waals surface area contributed by atoms with Crippen LogP contribution in [0.5, 0.6) is 0 Å². The summed E-state index contributed by atoms with van der Waals surface area (Å²) in [5.74, 6) is -0.812. The highest BCUT2D eigenvalue weighted by atomic mass is 32.2. The quantitative estimate of drug-likeness (QED) is 0.711. The molecule has 0 saturated heterocycles. The highest BCUT2D eigenvalue weighted by Crippen LogP contribution is 2.29. The van der Waals surface area contributed by atoms with Crippen LogP contribution in [0.4, 0.5) is 0 Å². The second-order valence-electron chi connectivity index (χ2n) is 5.34. The van der Waals surface area contributed by atoms with Crippen LogP contribution in [0.15, 0.2) is 28.6 Å². The van der Waals surface area contributed by atoms with E-state index >= 15 is 0 Å².